The Labute approximate surface area is 72.7 Å². The zero-order chi connectivity index (χ0) is 8.39. The number of hydrogen-bond donors (Lipinski definition) is 1. The maximum absolute atomic E-state index is 5.71. The Bertz CT molecular complexity index is 226. The van der Waals surface area contributed by atoms with Crippen molar-refractivity contribution in [2.24, 2.45) is 11.7 Å². The third kappa shape index (κ3) is 1.27. The molecule has 0 amide bonds. The van der Waals surface area contributed by atoms with Crippen LogP contribution in [-0.4, -0.2) is 6.54 Å². The van der Waals surface area contributed by atoms with Crippen LogP contribution in [0.5, 0.6) is 0 Å². The van der Waals surface area contributed by atoms with Gasteiger partial charge in [0.1, 0.15) is 5.76 Å². The Kier molecular flexibility index (Phi) is 2.17. The summed E-state index contributed by atoms with van der Waals surface area (Å²) in [5.41, 5.74) is 5.71. The predicted molar refractivity (Wildman–Crippen MR) is 47.8 cm³/mol. The molecule has 2 rings (SSSR count). The van der Waals surface area contributed by atoms with Gasteiger partial charge in [-0.2, -0.15) is 0 Å². The molecule has 1 aromatic heterocycles. The molecule has 2 N–H and O–H groups in total. The Balaban J connectivity index is 2.07. The lowest BCUT2D eigenvalue weighted by atomic mass is 9.75. The van der Waals surface area contributed by atoms with Crippen LogP contribution in [0.3, 0.4) is 0 Å². The topological polar surface area (TPSA) is 39.2 Å². The first-order valence-corrected chi connectivity index (χ1v) is 4.65. The molecule has 1 aliphatic carbocycles. The van der Waals surface area contributed by atoms with Crippen molar-refractivity contribution in [3.63, 3.8) is 0 Å². The fourth-order valence-electron chi connectivity index (χ4n) is 1.89. The largest absolute Gasteiger partial charge is 0.469 e. The maximum Gasteiger partial charge on any atom is 0.108 e. The molecule has 0 aromatic carbocycles. The van der Waals surface area contributed by atoms with E-state index in [9.17, 15) is 0 Å². The average Bonchev–Trinajstić information content (AvgIpc) is 2.47. The molecule has 1 aliphatic rings. The minimum atomic E-state index is 0.466. The van der Waals surface area contributed by atoms with Gasteiger partial charge in [-0.05, 0) is 30.9 Å². The van der Waals surface area contributed by atoms with E-state index in [0.717, 1.165) is 18.2 Å². The van der Waals surface area contributed by atoms with E-state index < -0.39 is 0 Å². The molecule has 0 aliphatic heterocycles. The lowest BCUT2D eigenvalue weighted by molar-refractivity contribution is 0.241. The third-order valence-corrected chi connectivity index (χ3v) is 2.88. The molecule has 12 heavy (non-hydrogen) atoms. The Morgan fingerprint density at radius 3 is 2.83 bits per heavy atom. The molecule has 0 spiro atoms. The molecule has 2 nitrogen and oxygen atoms in total. The standard InChI is InChI=1S/C10H15NO/c11-7-9(8-3-1-4-8)10-5-2-6-12-10/h2,5-6,8-9H,1,3-4,7,11H2. The molecule has 1 aromatic rings. The van der Waals surface area contributed by atoms with Crippen molar-refractivity contribution < 1.29 is 4.42 Å². The summed E-state index contributed by atoms with van der Waals surface area (Å²) in [7, 11) is 0. The first-order valence-electron chi connectivity index (χ1n) is 4.65. The minimum Gasteiger partial charge on any atom is -0.469 e. The van der Waals surface area contributed by atoms with E-state index in [-0.39, 0.29) is 0 Å². The second kappa shape index (κ2) is 3.31. The first-order chi connectivity index (χ1) is 5.92. The average molecular weight is 165 g/mol. The van der Waals surface area contributed by atoms with Gasteiger partial charge in [-0.1, -0.05) is 6.42 Å². The quantitative estimate of drug-likeness (QED) is 0.745. The van der Waals surface area contributed by atoms with Crippen LogP contribution in [0.4, 0.5) is 0 Å². The minimum absolute atomic E-state index is 0.466. The predicted octanol–water partition coefficient (Wildman–Crippen LogP) is 2.12. The molecule has 0 bridgehead atoms. The van der Waals surface area contributed by atoms with Gasteiger partial charge in [0.2, 0.25) is 0 Å². The number of furan rings is 1. The van der Waals surface area contributed by atoms with E-state index in [1.165, 1.54) is 19.3 Å². The van der Waals surface area contributed by atoms with Gasteiger partial charge in [0.15, 0.2) is 0 Å². The van der Waals surface area contributed by atoms with E-state index in [1.54, 1.807) is 6.26 Å². The van der Waals surface area contributed by atoms with Crippen LogP contribution in [0.25, 0.3) is 0 Å². The van der Waals surface area contributed by atoms with Gasteiger partial charge >= 0.3 is 0 Å². The van der Waals surface area contributed by atoms with E-state index in [1.807, 2.05) is 12.1 Å². The molecular weight excluding hydrogens is 150 g/mol. The Morgan fingerprint density at radius 2 is 2.42 bits per heavy atom. The highest BCUT2D eigenvalue weighted by molar-refractivity contribution is 5.08. The highest BCUT2D eigenvalue weighted by Gasteiger charge is 2.28. The van der Waals surface area contributed by atoms with E-state index >= 15 is 0 Å². The van der Waals surface area contributed by atoms with Crippen molar-refractivity contribution in [2.75, 3.05) is 6.54 Å². The third-order valence-electron chi connectivity index (χ3n) is 2.88. The van der Waals surface area contributed by atoms with Crippen molar-refractivity contribution in [3.8, 4) is 0 Å². The molecule has 1 heterocycles. The van der Waals surface area contributed by atoms with Crippen molar-refractivity contribution in [1.82, 2.24) is 0 Å². The zero-order valence-electron chi connectivity index (χ0n) is 7.20. The lowest BCUT2D eigenvalue weighted by Crippen LogP contribution is -2.26. The molecule has 2 heteroatoms. The van der Waals surface area contributed by atoms with Crippen LogP contribution < -0.4 is 5.73 Å². The van der Waals surface area contributed by atoms with Gasteiger partial charge in [-0.25, -0.2) is 0 Å². The summed E-state index contributed by atoms with van der Waals surface area (Å²) in [6, 6.07) is 3.98. The van der Waals surface area contributed by atoms with Gasteiger partial charge in [0, 0.05) is 12.5 Å². The zero-order valence-corrected chi connectivity index (χ0v) is 7.20. The highest BCUT2D eigenvalue weighted by Crippen LogP contribution is 2.38. The summed E-state index contributed by atoms with van der Waals surface area (Å²) in [5, 5.41) is 0. The van der Waals surface area contributed by atoms with Crippen LogP contribution in [0, 0.1) is 5.92 Å². The molecule has 1 atom stereocenters. The fourth-order valence-corrected chi connectivity index (χ4v) is 1.89. The molecular formula is C10H15NO. The number of rotatable bonds is 3. The molecule has 1 saturated carbocycles. The summed E-state index contributed by atoms with van der Waals surface area (Å²) in [6.45, 7) is 0.720. The van der Waals surface area contributed by atoms with Gasteiger partial charge < -0.3 is 10.2 Å². The molecule has 1 unspecified atom stereocenters. The molecule has 0 radical (unpaired) electrons. The fraction of sp³-hybridized carbons (Fsp3) is 0.600. The Morgan fingerprint density at radius 1 is 1.58 bits per heavy atom. The normalized spacial score (nSPS) is 20.4. The summed E-state index contributed by atoms with van der Waals surface area (Å²) < 4.78 is 5.36. The van der Waals surface area contributed by atoms with Crippen molar-refractivity contribution in [3.05, 3.63) is 24.2 Å². The molecule has 0 saturated heterocycles. The number of nitrogens with two attached hydrogens (primary N) is 1. The van der Waals surface area contributed by atoms with E-state index in [2.05, 4.69) is 0 Å². The second-order valence-electron chi connectivity index (χ2n) is 3.55. The second-order valence-corrected chi connectivity index (χ2v) is 3.55. The lowest BCUT2D eigenvalue weighted by Gasteiger charge is -2.31. The monoisotopic (exact) mass is 165 g/mol. The van der Waals surface area contributed by atoms with E-state index in [4.69, 9.17) is 10.2 Å². The Hall–Kier alpha value is -0.760. The summed E-state index contributed by atoms with van der Waals surface area (Å²) >= 11 is 0. The van der Waals surface area contributed by atoms with Gasteiger partial charge in [0.05, 0.1) is 6.26 Å². The van der Waals surface area contributed by atoms with Crippen molar-refractivity contribution in [1.29, 1.82) is 0 Å². The maximum atomic E-state index is 5.71. The van der Waals surface area contributed by atoms with Crippen LogP contribution in [0.2, 0.25) is 0 Å². The van der Waals surface area contributed by atoms with Crippen LogP contribution in [-0.2, 0) is 0 Å². The summed E-state index contributed by atoms with van der Waals surface area (Å²) in [4.78, 5) is 0. The summed E-state index contributed by atoms with van der Waals surface area (Å²) in [5.74, 6) is 2.32. The van der Waals surface area contributed by atoms with Crippen molar-refractivity contribution >= 4 is 0 Å². The number of hydrogen-bond acceptors (Lipinski definition) is 2. The van der Waals surface area contributed by atoms with Crippen LogP contribution in [0.1, 0.15) is 30.9 Å². The highest BCUT2D eigenvalue weighted by atomic mass is 16.3. The van der Waals surface area contributed by atoms with Crippen LogP contribution >= 0.6 is 0 Å². The first kappa shape index (κ1) is 7.87. The van der Waals surface area contributed by atoms with Crippen molar-refractivity contribution in [2.45, 2.75) is 25.2 Å². The van der Waals surface area contributed by atoms with Gasteiger partial charge in [-0.15, -0.1) is 0 Å². The smallest absolute Gasteiger partial charge is 0.108 e. The van der Waals surface area contributed by atoms with E-state index in [0.29, 0.717) is 5.92 Å². The summed E-state index contributed by atoms with van der Waals surface area (Å²) in [6.07, 6.45) is 5.74. The molecule has 66 valence electrons. The van der Waals surface area contributed by atoms with Gasteiger partial charge in [0.25, 0.3) is 0 Å². The molecule has 1 fully saturated rings. The van der Waals surface area contributed by atoms with Crippen LogP contribution in [0.15, 0.2) is 22.8 Å². The van der Waals surface area contributed by atoms with Gasteiger partial charge in [-0.3, -0.25) is 0 Å². The SMILES string of the molecule is NCC(c1ccco1)C1CCC1.